The summed E-state index contributed by atoms with van der Waals surface area (Å²) in [6, 6.07) is 0. The van der Waals surface area contributed by atoms with Crippen molar-refractivity contribution in [3.8, 4) is 0 Å². The minimum Gasteiger partial charge on any atom is -0.469 e. The van der Waals surface area contributed by atoms with Crippen LogP contribution in [0, 0.1) is 40.9 Å². The molecule has 0 heterocycles. The second-order valence-electron chi connectivity index (χ2n) is 10.6. The third-order valence-electron chi connectivity index (χ3n) is 9.31. The van der Waals surface area contributed by atoms with Crippen molar-refractivity contribution in [1.29, 1.82) is 0 Å². The van der Waals surface area contributed by atoms with Gasteiger partial charge in [0.25, 0.3) is 0 Å². The first kappa shape index (κ1) is 20.2. The summed E-state index contributed by atoms with van der Waals surface area (Å²) in [6.07, 6.45) is 10.7. The summed E-state index contributed by atoms with van der Waals surface area (Å²) < 4.78 is 4.86. The lowest BCUT2D eigenvalue weighted by Gasteiger charge is -2.56. The SMILES string of the molecule is COC(=O)CC[C@@H](C)[C@H]1CCC2=C1[C@H](C)C[C@H]1[C@H]2CC[C@@H]2CC(=O)CC[C@@]21C. The molecule has 4 aliphatic rings. The lowest BCUT2D eigenvalue weighted by molar-refractivity contribution is -0.141. The first-order chi connectivity index (χ1) is 13.3. The Hall–Kier alpha value is -1.12. The Kier molecular flexibility index (Phi) is 5.48. The molecule has 3 heteroatoms. The van der Waals surface area contributed by atoms with Crippen LogP contribution < -0.4 is 0 Å². The van der Waals surface area contributed by atoms with Gasteiger partial charge in [-0.1, -0.05) is 31.9 Å². The largest absolute Gasteiger partial charge is 0.469 e. The third-order valence-corrected chi connectivity index (χ3v) is 9.31. The highest BCUT2D eigenvalue weighted by Crippen LogP contribution is 2.63. The Labute approximate surface area is 170 Å². The second-order valence-corrected chi connectivity index (χ2v) is 10.6. The number of rotatable bonds is 4. The van der Waals surface area contributed by atoms with E-state index in [0.29, 0.717) is 41.3 Å². The summed E-state index contributed by atoms with van der Waals surface area (Å²) in [5.41, 5.74) is 3.95. The number of hydrogen-bond acceptors (Lipinski definition) is 3. The number of esters is 1. The van der Waals surface area contributed by atoms with Gasteiger partial charge in [-0.2, -0.15) is 0 Å². The quantitative estimate of drug-likeness (QED) is 0.458. The number of carbonyl (C=O) groups excluding carboxylic acids is 2. The summed E-state index contributed by atoms with van der Waals surface area (Å²) in [7, 11) is 1.49. The smallest absolute Gasteiger partial charge is 0.305 e. The number of methoxy groups -OCH3 is 1. The van der Waals surface area contributed by atoms with Crippen LogP contribution in [0.4, 0.5) is 0 Å². The number of carbonyl (C=O) groups is 2. The molecule has 2 fully saturated rings. The van der Waals surface area contributed by atoms with Gasteiger partial charge in [0.2, 0.25) is 0 Å². The molecule has 7 atom stereocenters. The first-order valence-corrected chi connectivity index (χ1v) is 11.7. The maximum Gasteiger partial charge on any atom is 0.305 e. The van der Waals surface area contributed by atoms with Crippen LogP contribution in [0.2, 0.25) is 0 Å². The molecule has 28 heavy (non-hydrogen) atoms. The first-order valence-electron chi connectivity index (χ1n) is 11.7. The van der Waals surface area contributed by atoms with Crippen molar-refractivity contribution in [3.63, 3.8) is 0 Å². The molecule has 0 aromatic rings. The molecule has 0 spiro atoms. The van der Waals surface area contributed by atoms with Crippen LogP contribution in [0.5, 0.6) is 0 Å². The summed E-state index contributed by atoms with van der Waals surface area (Å²) in [5.74, 6) is 4.48. The molecule has 0 amide bonds. The molecule has 0 aromatic carbocycles. The predicted molar refractivity (Wildman–Crippen MR) is 111 cm³/mol. The van der Waals surface area contributed by atoms with Crippen molar-refractivity contribution in [2.24, 2.45) is 40.9 Å². The standard InChI is InChI=1S/C25H38O3/c1-15(5-10-23(27)28-4)19-8-9-21-20-7-6-17-14-18(26)11-12-25(17,3)22(20)13-16(2)24(19)21/h15-17,19-20,22H,5-14H2,1-4H3/t15-,16-,17-,19-,20+,22+,25+/m1/s1. The van der Waals surface area contributed by atoms with Crippen molar-refractivity contribution >= 4 is 11.8 Å². The van der Waals surface area contributed by atoms with Crippen molar-refractivity contribution in [1.82, 2.24) is 0 Å². The average Bonchev–Trinajstić information content (AvgIpc) is 3.13. The van der Waals surface area contributed by atoms with Crippen molar-refractivity contribution < 1.29 is 14.3 Å². The molecule has 156 valence electrons. The molecule has 0 aliphatic heterocycles. The van der Waals surface area contributed by atoms with E-state index >= 15 is 0 Å². The average molecular weight is 387 g/mol. The molecule has 0 radical (unpaired) electrons. The Morgan fingerprint density at radius 3 is 2.79 bits per heavy atom. The lowest BCUT2D eigenvalue weighted by atomic mass is 9.48. The van der Waals surface area contributed by atoms with Gasteiger partial charge in [0.1, 0.15) is 5.78 Å². The van der Waals surface area contributed by atoms with E-state index in [1.807, 2.05) is 0 Å². The van der Waals surface area contributed by atoms with Gasteiger partial charge >= 0.3 is 5.97 Å². The second kappa shape index (κ2) is 7.61. The number of ether oxygens (including phenoxy) is 1. The van der Waals surface area contributed by atoms with E-state index in [2.05, 4.69) is 20.8 Å². The summed E-state index contributed by atoms with van der Waals surface area (Å²) in [5, 5.41) is 0. The number of Topliss-reactive ketones (excluding diaryl/α,β-unsaturated/α-hetero) is 1. The number of allylic oxidation sites excluding steroid dienone is 2. The van der Waals surface area contributed by atoms with E-state index in [-0.39, 0.29) is 5.97 Å². The summed E-state index contributed by atoms with van der Waals surface area (Å²) in [4.78, 5) is 23.7. The van der Waals surface area contributed by atoms with E-state index in [0.717, 1.165) is 37.5 Å². The van der Waals surface area contributed by atoms with Crippen LogP contribution in [0.1, 0.15) is 85.0 Å². The van der Waals surface area contributed by atoms with E-state index in [9.17, 15) is 9.59 Å². The van der Waals surface area contributed by atoms with E-state index in [1.54, 1.807) is 11.1 Å². The van der Waals surface area contributed by atoms with Crippen LogP contribution in [0.3, 0.4) is 0 Å². The van der Waals surface area contributed by atoms with E-state index in [4.69, 9.17) is 4.74 Å². The minimum absolute atomic E-state index is 0.0751. The third kappa shape index (κ3) is 3.27. The van der Waals surface area contributed by atoms with Gasteiger partial charge in [-0.05, 0) is 85.9 Å². The van der Waals surface area contributed by atoms with E-state index in [1.165, 1.54) is 39.2 Å². The Morgan fingerprint density at radius 2 is 2.04 bits per heavy atom. The van der Waals surface area contributed by atoms with Crippen LogP contribution >= 0.6 is 0 Å². The topological polar surface area (TPSA) is 43.4 Å². The number of fused-ring (bicyclic) bond motifs is 4. The molecule has 0 unspecified atom stereocenters. The van der Waals surface area contributed by atoms with Gasteiger partial charge < -0.3 is 4.74 Å². The van der Waals surface area contributed by atoms with Crippen molar-refractivity contribution in [2.45, 2.75) is 85.0 Å². The zero-order valence-corrected chi connectivity index (χ0v) is 18.3. The van der Waals surface area contributed by atoms with Gasteiger partial charge in [-0.15, -0.1) is 0 Å². The Bertz CT molecular complexity index is 677. The normalized spacial score (nSPS) is 41.1. The Morgan fingerprint density at radius 1 is 1.25 bits per heavy atom. The molecular formula is C25H38O3. The van der Waals surface area contributed by atoms with E-state index < -0.39 is 0 Å². The predicted octanol–water partition coefficient (Wildman–Crippen LogP) is 5.72. The number of ketones is 1. The minimum atomic E-state index is -0.0751. The monoisotopic (exact) mass is 386 g/mol. The number of hydrogen-bond donors (Lipinski definition) is 0. The molecule has 0 N–H and O–H groups in total. The molecule has 3 nitrogen and oxygen atoms in total. The molecule has 2 saturated carbocycles. The zero-order chi connectivity index (χ0) is 20.1. The van der Waals surface area contributed by atoms with Crippen LogP contribution in [0.15, 0.2) is 11.1 Å². The summed E-state index contributed by atoms with van der Waals surface area (Å²) in [6.45, 7) is 7.32. The van der Waals surface area contributed by atoms with Crippen molar-refractivity contribution in [3.05, 3.63) is 11.1 Å². The molecule has 0 bridgehead atoms. The van der Waals surface area contributed by atoms with Crippen LogP contribution in [-0.2, 0) is 14.3 Å². The van der Waals surface area contributed by atoms with Gasteiger partial charge in [-0.3, -0.25) is 9.59 Å². The highest BCUT2D eigenvalue weighted by molar-refractivity contribution is 5.79. The van der Waals surface area contributed by atoms with Gasteiger partial charge in [-0.25, -0.2) is 0 Å². The Balaban J connectivity index is 1.55. The maximum absolute atomic E-state index is 12.1. The van der Waals surface area contributed by atoms with Crippen LogP contribution in [0.25, 0.3) is 0 Å². The van der Waals surface area contributed by atoms with Crippen LogP contribution in [-0.4, -0.2) is 18.9 Å². The van der Waals surface area contributed by atoms with Gasteiger partial charge in [0.15, 0.2) is 0 Å². The van der Waals surface area contributed by atoms with Gasteiger partial charge in [0.05, 0.1) is 7.11 Å². The molecule has 0 saturated heterocycles. The molecular weight excluding hydrogens is 348 g/mol. The molecule has 4 aliphatic carbocycles. The van der Waals surface area contributed by atoms with Gasteiger partial charge in [0, 0.05) is 19.3 Å². The highest BCUT2D eigenvalue weighted by atomic mass is 16.5. The fraction of sp³-hybridized carbons (Fsp3) is 0.840. The fourth-order valence-corrected chi connectivity index (χ4v) is 7.71. The summed E-state index contributed by atoms with van der Waals surface area (Å²) >= 11 is 0. The lowest BCUT2D eigenvalue weighted by Crippen LogP contribution is -2.49. The zero-order valence-electron chi connectivity index (χ0n) is 18.3. The fourth-order valence-electron chi connectivity index (χ4n) is 7.71. The maximum atomic E-state index is 12.1. The molecule has 0 aromatic heterocycles. The van der Waals surface area contributed by atoms with Crippen molar-refractivity contribution in [2.75, 3.05) is 7.11 Å². The highest BCUT2D eigenvalue weighted by Gasteiger charge is 2.54. The molecule has 4 rings (SSSR count).